The lowest BCUT2D eigenvalue weighted by atomic mass is 10.2. The van der Waals surface area contributed by atoms with Crippen molar-refractivity contribution in [3.63, 3.8) is 0 Å². The van der Waals surface area contributed by atoms with Crippen molar-refractivity contribution < 1.29 is 5.11 Å². The van der Waals surface area contributed by atoms with Crippen molar-refractivity contribution in [1.82, 2.24) is 10.6 Å². The van der Waals surface area contributed by atoms with E-state index in [4.69, 9.17) is 5.11 Å². The van der Waals surface area contributed by atoms with E-state index in [2.05, 4.69) is 29.5 Å². The Morgan fingerprint density at radius 1 is 1.25 bits per heavy atom. The van der Waals surface area contributed by atoms with Gasteiger partial charge in [0.15, 0.2) is 5.96 Å². The van der Waals surface area contributed by atoms with Crippen LogP contribution in [0.25, 0.3) is 0 Å². The Kier molecular flexibility index (Phi) is 13.1. The first-order valence-electron chi connectivity index (χ1n) is 5.73. The first-order chi connectivity index (χ1) is 7.10. The van der Waals surface area contributed by atoms with E-state index in [1.807, 2.05) is 13.8 Å². The lowest BCUT2D eigenvalue weighted by Crippen LogP contribution is -2.40. The van der Waals surface area contributed by atoms with Gasteiger partial charge in [0.1, 0.15) is 0 Å². The molecular weight excluding hydrogens is 317 g/mol. The number of aliphatic hydroxyl groups is 1. The first-order valence-corrected chi connectivity index (χ1v) is 5.73. The molecule has 3 N–H and O–H groups in total. The van der Waals surface area contributed by atoms with Crippen molar-refractivity contribution in [1.29, 1.82) is 0 Å². The van der Waals surface area contributed by atoms with Crippen LogP contribution < -0.4 is 10.6 Å². The van der Waals surface area contributed by atoms with Crippen LogP contribution in [0, 0.1) is 11.8 Å². The molecule has 0 rings (SSSR count). The van der Waals surface area contributed by atoms with Gasteiger partial charge in [-0.1, -0.05) is 20.8 Å². The highest BCUT2D eigenvalue weighted by atomic mass is 127. The van der Waals surface area contributed by atoms with Crippen LogP contribution in [0.15, 0.2) is 4.99 Å². The van der Waals surface area contributed by atoms with Crippen molar-refractivity contribution in [2.45, 2.75) is 27.7 Å². The van der Waals surface area contributed by atoms with E-state index in [0.29, 0.717) is 5.92 Å². The summed E-state index contributed by atoms with van der Waals surface area (Å²) in [4.78, 5) is 4.43. The summed E-state index contributed by atoms with van der Waals surface area (Å²) in [6.45, 7) is 11.0. The highest BCUT2D eigenvalue weighted by Gasteiger charge is 2.02. The third kappa shape index (κ3) is 10.5. The average molecular weight is 343 g/mol. The molecule has 16 heavy (non-hydrogen) atoms. The zero-order chi connectivity index (χ0) is 11.7. The molecule has 0 bridgehead atoms. The Morgan fingerprint density at radius 2 is 1.88 bits per heavy atom. The van der Waals surface area contributed by atoms with Gasteiger partial charge in [-0.2, -0.15) is 0 Å². The van der Waals surface area contributed by atoms with Gasteiger partial charge in [-0.15, -0.1) is 24.0 Å². The molecule has 0 aliphatic carbocycles. The highest BCUT2D eigenvalue weighted by Crippen LogP contribution is 1.92. The van der Waals surface area contributed by atoms with Gasteiger partial charge in [0.2, 0.25) is 0 Å². The monoisotopic (exact) mass is 343 g/mol. The average Bonchev–Trinajstić information content (AvgIpc) is 2.21. The molecule has 0 heterocycles. The number of rotatable bonds is 6. The molecule has 0 aliphatic rings. The van der Waals surface area contributed by atoms with Crippen molar-refractivity contribution >= 4 is 29.9 Å². The van der Waals surface area contributed by atoms with Crippen LogP contribution in [0.4, 0.5) is 0 Å². The standard InChI is InChI=1S/C11H25N3O.HI/c1-5-12-11(13-6-9(2)3)14-7-10(4)8-15;/h9-10,15H,5-8H2,1-4H3,(H2,12,13,14);1H. The van der Waals surface area contributed by atoms with E-state index in [1.54, 1.807) is 0 Å². The summed E-state index contributed by atoms with van der Waals surface area (Å²) in [5.74, 6) is 1.66. The summed E-state index contributed by atoms with van der Waals surface area (Å²) in [5, 5.41) is 15.3. The van der Waals surface area contributed by atoms with Crippen molar-refractivity contribution in [3.05, 3.63) is 0 Å². The molecule has 5 heteroatoms. The Balaban J connectivity index is 0. The van der Waals surface area contributed by atoms with Gasteiger partial charge in [0, 0.05) is 26.2 Å². The van der Waals surface area contributed by atoms with E-state index in [0.717, 1.165) is 25.6 Å². The van der Waals surface area contributed by atoms with Gasteiger partial charge in [-0.05, 0) is 18.8 Å². The third-order valence-corrected chi connectivity index (χ3v) is 1.89. The fourth-order valence-corrected chi connectivity index (χ4v) is 0.951. The summed E-state index contributed by atoms with van der Waals surface area (Å²) in [5.41, 5.74) is 0. The van der Waals surface area contributed by atoms with Crippen LogP contribution in [-0.2, 0) is 0 Å². The van der Waals surface area contributed by atoms with Crippen molar-refractivity contribution in [2.24, 2.45) is 16.8 Å². The maximum absolute atomic E-state index is 8.90. The fourth-order valence-electron chi connectivity index (χ4n) is 0.951. The smallest absolute Gasteiger partial charge is 0.191 e. The number of nitrogens with zero attached hydrogens (tertiary/aromatic N) is 1. The predicted octanol–water partition coefficient (Wildman–Crippen LogP) is 1.44. The molecule has 0 aliphatic heterocycles. The van der Waals surface area contributed by atoms with E-state index >= 15 is 0 Å². The van der Waals surface area contributed by atoms with Gasteiger partial charge >= 0.3 is 0 Å². The van der Waals surface area contributed by atoms with Gasteiger partial charge in [0.25, 0.3) is 0 Å². The zero-order valence-electron chi connectivity index (χ0n) is 10.8. The minimum absolute atomic E-state index is 0. The molecular formula is C11H26IN3O. The number of hydrogen-bond acceptors (Lipinski definition) is 2. The van der Waals surface area contributed by atoms with Gasteiger partial charge in [0.05, 0.1) is 0 Å². The second-order valence-electron chi connectivity index (χ2n) is 4.28. The van der Waals surface area contributed by atoms with Crippen LogP contribution >= 0.6 is 24.0 Å². The molecule has 0 fully saturated rings. The number of aliphatic hydroxyl groups excluding tert-OH is 1. The SMILES string of the molecule is CCNC(=NCC(C)C)NCC(C)CO.I. The third-order valence-electron chi connectivity index (χ3n) is 1.89. The molecule has 98 valence electrons. The number of nitrogens with one attached hydrogen (secondary N) is 2. The molecule has 0 aromatic rings. The molecule has 1 atom stereocenters. The fraction of sp³-hybridized carbons (Fsp3) is 0.909. The Labute approximate surface area is 116 Å². The largest absolute Gasteiger partial charge is 0.396 e. The van der Waals surface area contributed by atoms with E-state index in [9.17, 15) is 0 Å². The van der Waals surface area contributed by atoms with Crippen molar-refractivity contribution in [2.75, 3.05) is 26.2 Å². The second kappa shape index (κ2) is 11.4. The zero-order valence-corrected chi connectivity index (χ0v) is 13.1. The number of guanidine groups is 1. The highest BCUT2D eigenvalue weighted by molar-refractivity contribution is 14.0. The van der Waals surface area contributed by atoms with E-state index in [1.165, 1.54) is 0 Å². The quantitative estimate of drug-likeness (QED) is 0.389. The summed E-state index contributed by atoms with van der Waals surface area (Å²) >= 11 is 0. The normalized spacial score (nSPS) is 13.2. The molecule has 1 unspecified atom stereocenters. The van der Waals surface area contributed by atoms with Crippen LogP contribution in [0.1, 0.15) is 27.7 Å². The molecule has 0 saturated heterocycles. The molecule has 0 saturated carbocycles. The van der Waals surface area contributed by atoms with Gasteiger partial charge < -0.3 is 15.7 Å². The number of hydrogen-bond donors (Lipinski definition) is 3. The maximum Gasteiger partial charge on any atom is 0.191 e. The summed E-state index contributed by atoms with van der Waals surface area (Å²) in [6.07, 6.45) is 0. The molecule has 0 radical (unpaired) electrons. The van der Waals surface area contributed by atoms with E-state index in [-0.39, 0.29) is 36.5 Å². The minimum atomic E-state index is 0. The molecule has 0 spiro atoms. The van der Waals surface area contributed by atoms with Crippen LogP contribution in [0.5, 0.6) is 0 Å². The topological polar surface area (TPSA) is 56.7 Å². The maximum atomic E-state index is 8.90. The Bertz CT molecular complexity index is 186. The lowest BCUT2D eigenvalue weighted by Gasteiger charge is -2.14. The predicted molar refractivity (Wildman–Crippen MR) is 80.5 cm³/mol. The second-order valence-corrected chi connectivity index (χ2v) is 4.28. The Hall–Kier alpha value is -0.0400. The number of aliphatic imine (C=N–C) groups is 1. The lowest BCUT2D eigenvalue weighted by molar-refractivity contribution is 0.238. The summed E-state index contributed by atoms with van der Waals surface area (Å²) < 4.78 is 0. The van der Waals surface area contributed by atoms with Gasteiger partial charge in [-0.3, -0.25) is 4.99 Å². The van der Waals surface area contributed by atoms with Crippen LogP contribution in [0.3, 0.4) is 0 Å². The molecule has 4 nitrogen and oxygen atoms in total. The number of halogens is 1. The van der Waals surface area contributed by atoms with Crippen LogP contribution in [0.2, 0.25) is 0 Å². The molecule has 0 aromatic carbocycles. The molecule has 0 aromatic heterocycles. The summed E-state index contributed by atoms with van der Waals surface area (Å²) in [6, 6.07) is 0. The van der Waals surface area contributed by atoms with Gasteiger partial charge in [-0.25, -0.2) is 0 Å². The molecule has 0 amide bonds. The van der Waals surface area contributed by atoms with Crippen LogP contribution in [-0.4, -0.2) is 37.3 Å². The van der Waals surface area contributed by atoms with E-state index < -0.39 is 0 Å². The summed E-state index contributed by atoms with van der Waals surface area (Å²) in [7, 11) is 0. The van der Waals surface area contributed by atoms with Crippen molar-refractivity contribution in [3.8, 4) is 0 Å². The first kappa shape index (κ1) is 18.3. The Morgan fingerprint density at radius 3 is 2.31 bits per heavy atom. The minimum Gasteiger partial charge on any atom is -0.396 e.